The smallest absolute Gasteiger partial charge is 0.233 e. The molecule has 0 spiro atoms. The fourth-order valence-electron chi connectivity index (χ4n) is 1.17. The predicted octanol–water partition coefficient (Wildman–Crippen LogP) is 0.876. The van der Waals surface area contributed by atoms with E-state index in [1.54, 1.807) is 0 Å². The molecule has 1 heterocycles. The molecule has 1 aromatic heterocycles. The number of rotatable bonds is 6. The van der Waals surface area contributed by atoms with Gasteiger partial charge in [-0.2, -0.15) is 0 Å². The standard InChI is InChI=1S/C11H19N3O/c1-9(2)6-14-11(15)8-12-7-10-4-3-5-13-10/h3-5,9,12-13H,6-8H2,1-2H3,(H,14,15). The van der Waals surface area contributed by atoms with Gasteiger partial charge in [-0.1, -0.05) is 13.8 Å². The van der Waals surface area contributed by atoms with Crippen LogP contribution in [0.5, 0.6) is 0 Å². The Morgan fingerprint density at radius 2 is 2.33 bits per heavy atom. The zero-order valence-electron chi connectivity index (χ0n) is 9.34. The quantitative estimate of drug-likeness (QED) is 0.651. The zero-order valence-corrected chi connectivity index (χ0v) is 9.34. The van der Waals surface area contributed by atoms with Crippen molar-refractivity contribution in [2.24, 2.45) is 5.92 Å². The monoisotopic (exact) mass is 209 g/mol. The number of aromatic nitrogens is 1. The lowest BCUT2D eigenvalue weighted by molar-refractivity contribution is -0.120. The third kappa shape index (κ3) is 5.22. The molecule has 15 heavy (non-hydrogen) atoms. The lowest BCUT2D eigenvalue weighted by Crippen LogP contribution is -2.35. The maximum absolute atomic E-state index is 11.3. The topological polar surface area (TPSA) is 56.9 Å². The lowest BCUT2D eigenvalue weighted by atomic mass is 10.2. The van der Waals surface area contributed by atoms with Crippen LogP contribution in [-0.4, -0.2) is 24.0 Å². The first kappa shape index (κ1) is 11.8. The lowest BCUT2D eigenvalue weighted by Gasteiger charge is -2.07. The van der Waals surface area contributed by atoms with Gasteiger partial charge < -0.3 is 15.6 Å². The van der Waals surface area contributed by atoms with Gasteiger partial charge in [0.2, 0.25) is 5.91 Å². The normalized spacial score (nSPS) is 10.6. The van der Waals surface area contributed by atoms with E-state index in [2.05, 4.69) is 29.5 Å². The molecule has 0 aromatic carbocycles. The van der Waals surface area contributed by atoms with Gasteiger partial charge in [-0.15, -0.1) is 0 Å². The van der Waals surface area contributed by atoms with Crippen molar-refractivity contribution in [3.8, 4) is 0 Å². The molecule has 4 nitrogen and oxygen atoms in total. The van der Waals surface area contributed by atoms with Crippen molar-refractivity contribution in [3.05, 3.63) is 24.0 Å². The van der Waals surface area contributed by atoms with Crippen molar-refractivity contribution in [2.45, 2.75) is 20.4 Å². The van der Waals surface area contributed by atoms with Gasteiger partial charge in [0, 0.05) is 25.0 Å². The fraction of sp³-hybridized carbons (Fsp3) is 0.545. The van der Waals surface area contributed by atoms with Crippen LogP contribution in [0.25, 0.3) is 0 Å². The number of aromatic amines is 1. The zero-order chi connectivity index (χ0) is 11.1. The Kier molecular flexibility index (Phi) is 4.90. The van der Waals surface area contributed by atoms with Crippen LogP contribution in [0.3, 0.4) is 0 Å². The van der Waals surface area contributed by atoms with E-state index in [0.717, 1.165) is 12.2 Å². The van der Waals surface area contributed by atoms with Crippen molar-refractivity contribution in [2.75, 3.05) is 13.1 Å². The highest BCUT2D eigenvalue weighted by atomic mass is 16.1. The first-order valence-corrected chi connectivity index (χ1v) is 5.28. The van der Waals surface area contributed by atoms with Crippen molar-refractivity contribution < 1.29 is 4.79 Å². The molecule has 0 saturated carbocycles. The molecule has 0 bridgehead atoms. The minimum Gasteiger partial charge on any atom is -0.364 e. The molecule has 3 N–H and O–H groups in total. The Balaban J connectivity index is 2.07. The number of carbonyl (C=O) groups is 1. The van der Waals surface area contributed by atoms with E-state index in [-0.39, 0.29) is 5.91 Å². The van der Waals surface area contributed by atoms with Crippen LogP contribution in [0.1, 0.15) is 19.5 Å². The molecule has 1 amide bonds. The van der Waals surface area contributed by atoms with E-state index in [1.807, 2.05) is 18.3 Å². The van der Waals surface area contributed by atoms with E-state index >= 15 is 0 Å². The van der Waals surface area contributed by atoms with Gasteiger partial charge in [0.1, 0.15) is 0 Å². The van der Waals surface area contributed by atoms with E-state index in [0.29, 0.717) is 19.0 Å². The average molecular weight is 209 g/mol. The summed E-state index contributed by atoms with van der Waals surface area (Å²) in [5.41, 5.74) is 1.09. The van der Waals surface area contributed by atoms with Crippen LogP contribution in [0.15, 0.2) is 18.3 Å². The first-order valence-electron chi connectivity index (χ1n) is 5.28. The maximum Gasteiger partial charge on any atom is 0.233 e. The van der Waals surface area contributed by atoms with Crippen molar-refractivity contribution in [1.82, 2.24) is 15.6 Å². The highest BCUT2D eigenvalue weighted by Crippen LogP contribution is 1.92. The molecule has 4 heteroatoms. The molecule has 1 rings (SSSR count). The maximum atomic E-state index is 11.3. The molecule has 0 aliphatic rings. The number of carbonyl (C=O) groups excluding carboxylic acids is 1. The van der Waals surface area contributed by atoms with Gasteiger partial charge in [0.15, 0.2) is 0 Å². The Morgan fingerprint density at radius 1 is 1.53 bits per heavy atom. The second-order valence-corrected chi connectivity index (χ2v) is 4.00. The molecular weight excluding hydrogens is 190 g/mol. The van der Waals surface area contributed by atoms with Gasteiger partial charge in [-0.05, 0) is 18.1 Å². The molecule has 0 fully saturated rings. The second-order valence-electron chi connectivity index (χ2n) is 4.00. The molecular formula is C11H19N3O. The van der Waals surface area contributed by atoms with E-state index in [9.17, 15) is 4.79 Å². The summed E-state index contributed by atoms with van der Waals surface area (Å²) in [4.78, 5) is 14.4. The van der Waals surface area contributed by atoms with Gasteiger partial charge >= 0.3 is 0 Å². The largest absolute Gasteiger partial charge is 0.364 e. The molecule has 0 unspecified atom stereocenters. The highest BCUT2D eigenvalue weighted by Gasteiger charge is 2.01. The summed E-state index contributed by atoms with van der Waals surface area (Å²) < 4.78 is 0. The van der Waals surface area contributed by atoms with E-state index in [1.165, 1.54) is 0 Å². The summed E-state index contributed by atoms with van der Waals surface area (Å²) in [6, 6.07) is 3.93. The van der Waals surface area contributed by atoms with Gasteiger partial charge in [0.25, 0.3) is 0 Å². The summed E-state index contributed by atoms with van der Waals surface area (Å²) in [7, 11) is 0. The van der Waals surface area contributed by atoms with E-state index < -0.39 is 0 Å². The fourth-order valence-corrected chi connectivity index (χ4v) is 1.17. The minimum absolute atomic E-state index is 0.0512. The summed E-state index contributed by atoms with van der Waals surface area (Å²) in [6.07, 6.45) is 1.87. The molecule has 0 aliphatic heterocycles. The second kappa shape index (κ2) is 6.24. The molecule has 1 aromatic rings. The molecule has 0 atom stereocenters. The summed E-state index contributed by atoms with van der Waals surface area (Å²) in [6.45, 7) is 5.95. The Labute approximate surface area is 90.5 Å². The third-order valence-corrected chi connectivity index (χ3v) is 1.97. The van der Waals surface area contributed by atoms with Crippen molar-refractivity contribution >= 4 is 5.91 Å². The van der Waals surface area contributed by atoms with E-state index in [4.69, 9.17) is 0 Å². The number of nitrogens with one attached hydrogen (secondary N) is 3. The Bertz CT molecular complexity index is 280. The first-order chi connectivity index (χ1) is 7.18. The predicted molar refractivity (Wildman–Crippen MR) is 60.3 cm³/mol. The third-order valence-electron chi connectivity index (χ3n) is 1.97. The number of amides is 1. The Hall–Kier alpha value is -1.29. The van der Waals surface area contributed by atoms with Gasteiger partial charge in [-0.25, -0.2) is 0 Å². The summed E-state index contributed by atoms with van der Waals surface area (Å²) >= 11 is 0. The van der Waals surface area contributed by atoms with Gasteiger partial charge in [0.05, 0.1) is 6.54 Å². The number of hydrogen-bond donors (Lipinski definition) is 3. The Morgan fingerprint density at radius 3 is 2.93 bits per heavy atom. The van der Waals surface area contributed by atoms with Crippen LogP contribution >= 0.6 is 0 Å². The van der Waals surface area contributed by atoms with Crippen molar-refractivity contribution in [1.29, 1.82) is 0 Å². The van der Waals surface area contributed by atoms with Crippen molar-refractivity contribution in [3.63, 3.8) is 0 Å². The van der Waals surface area contributed by atoms with Gasteiger partial charge in [-0.3, -0.25) is 4.79 Å². The number of hydrogen-bond acceptors (Lipinski definition) is 2. The number of H-pyrrole nitrogens is 1. The van der Waals surface area contributed by atoms with Crippen LogP contribution < -0.4 is 10.6 Å². The molecule has 0 saturated heterocycles. The SMILES string of the molecule is CC(C)CNC(=O)CNCc1ccc[nH]1. The molecule has 0 aliphatic carbocycles. The summed E-state index contributed by atoms with van der Waals surface area (Å²) in [5.74, 6) is 0.549. The van der Waals surface area contributed by atoms with Crippen LogP contribution in [0, 0.1) is 5.92 Å². The molecule has 0 radical (unpaired) electrons. The van der Waals surface area contributed by atoms with Crippen LogP contribution in [-0.2, 0) is 11.3 Å². The van der Waals surface area contributed by atoms with Crippen LogP contribution in [0.2, 0.25) is 0 Å². The average Bonchev–Trinajstić information content (AvgIpc) is 2.67. The minimum atomic E-state index is 0.0512. The summed E-state index contributed by atoms with van der Waals surface area (Å²) in [5, 5.41) is 5.92. The molecule has 84 valence electrons. The van der Waals surface area contributed by atoms with Crippen LogP contribution in [0.4, 0.5) is 0 Å². The highest BCUT2D eigenvalue weighted by molar-refractivity contribution is 5.77.